The first-order chi connectivity index (χ1) is 15.5. The topological polar surface area (TPSA) is 72.3 Å². The lowest BCUT2D eigenvalue weighted by Crippen LogP contribution is -3.17. The summed E-state index contributed by atoms with van der Waals surface area (Å²) >= 11 is 1.82. The van der Waals surface area contributed by atoms with Crippen molar-refractivity contribution in [3.63, 3.8) is 0 Å². The van der Waals surface area contributed by atoms with Crippen molar-refractivity contribution in [1.82, 2.24) is 0 Å². The number of rotatable bonds is 2. The quantitative estimate of drug-likeness (QED) is 0.369. The summed E-state index contributed by atoms with van der Waals surface area (Å²) in [7, 11) is 0. The Bertz CT molecular complexity index is 1040. The van der Waals surface area contributed by atoms with Crippen LogP contribution in [0.4, 0.5) is 27.5 Å². The number of carbonyl (C=O) groups excluding carboxylic acids is 1. The highest BCUT2D eigenvalue weighted by molar-refractivity contribution is 7.99. The van der Waals surface area contributed by atoms with Crippen LogP contribution in [0.25, 0.3) is 0 Å². The molecular weight excluding hydrogens is 551 g/mol. The molecule has 2 aromatic rings. The molecule has 7 nitrogen and oxygen atoms in total. The molecule has 0 bridgehead atoms. The van der Waals surface area contributed by atoms with Crippen molar-refractivity contribution in [1.29, 1.82) is 0 Å². The van der Waals surface area contributed by atoms with Crippen LogP contribution in [0, 0.1) is 13.8 Å². The van der Waals surface area contributed by atoms with Gasteiger partial charge in [0.05, 0.1) is 37.7 Å². The number of carboxylic acid groups (broad SMARTS) is 1. The maximum Gasteiger partial charge on any atom is 0.255 e. The minimum absolute atomic E-state index is 0. The molecule has 3 heterocycles. The Balaban J connectivity index is 0.00000259. The van der Waals surface area contributed by atoms with Crippen molar-refractivity contribution in [2.24, 2.45) is 0 Å². The molecule has 0 radical (unpaired) electrons. The van der Waals surface area contributed by atoms with E-state index in [1.807, 2.05) is 11.8 Å². The van der Waals surface area contributed by atoms with Crippen LogP contribution in [0.3, 0.4) is 0 Å². The van der Waals surface area contributed by atoms with Gasteiger partial charge in [-0.1, -0.05) is 11.8 Å². The zero-order valence-corrected chi connectivity index (χ0v) is 22.1. The first-order valence-electron chi connectivity index (χ1n) is 11.4. The van der Waals surface area contributed by atoms with E-state index in [4.69, 9.17) is 4.74 Å². The van der Waals surface area contributed by atoms with Gasteiger partial charge in [-0.15, -0.1) is 0 Å². The Kier molecular flexibility index (Phi) is 7.62. The minimum atomic E-state index is -0.990. The average Bonchev–Trinajstić information content (AvgIpc) is 3.05. The lowest BCUT2D eigenvalue weighted by Gasteiger charge is -2.32. The number of anilines is 4. The van der Waals surface area contributed by atoms with Gasteiger partial charge in [-0.3, -0.25) is 4.90 Å². The largest absolute Gasteiger partial charge is 1.00 e. The lowest BCUT2D eigenvalue weighted by molar-refractivity contribution is -0.842. The summed E-state index contributed by atoms with van der Waals surface area (Å²) in [6.07, 6.45) is -0.147. The third-order valence-corrected chi connectivity index (χ3v) is 7.74. The van der Waals surface area contributed by atoms with Crippen LogP contribution < -0.4 is 49.1 Å². The number of ether oxygens (including phenoxy) is 1. The first-order valence-corrected chi connectivity index (χ1v) is 12.2. The van der Waals surface area contributed by atoms with E-state index in [1.165, 1.54) is 43.7 Å². The fourth-order valence-corrected chi connectivity index (χ4v) is 6.06. The van der Waals surface area contributed by atoms with Gasteiger partial charge < -0.3 is 53.7 Å². The van der Waals surface area contributed by atoms with Crippen LogP contribution in [0.2, 0.25) is 0 Å². The van der Waals surface area contributed by atoms with Crippen molar-refractivity contribution in [3.05, 3.63) is 35.4 Å². The number of nitrogens with zero attached hydrogens (tertiary/aromatic N) is 2. The maximum atomic E-state index is 11.3. The van der Waals surface area contributed by atoms with Crippen LogP contribution in [-0.4, -0.2) is 58.6 Å². The molecule has 1 unspecified atom stereocenters. The number of halogens is 1. The number of quaternary nitrogens is 1. The third-order valence-electron chi connectivity index (χ3n) is 6.66. The lowest BCUT2D eigenvalue weighted by atomic mass is 10.1. The first kappa shape index (κ1) is 24.4. The maximum absolute atomic E-state index is 11.3. The van der Waals surface area contributed by atoms with Crippen LogP contribution in [-0.2, 0) is 4.74 Å². The van der Waals surface area contributed by atoms with Crippen molar-refractivity contribution < 1.29 is 43.5 Å². The van der Waals surface area contributed by atoms with Crippen molar-refractivity contribution in [3.8, 4) is 0 Å². The van der Waals surface area contributed by atoms with Crippen molar-refractivity contribution >= 4 is 40.6 Å². The molecule has 2 saturated heterocycles. The van der Waals surface area contributed by atoms with E-state index in [1.54, 1.807) is 0 Å². The number of aryl methyl sites for hydroxylation is 2. The third kappa shape index (κ3) is 5.06. The van der Waals surface area contributed by atoms with Crippen molar-refractivity contribution in [2.45, 2.75) is 30.1 Å². The molecular formula is C24H30IN4O3S-. The summed E-state index contributed by atoms with van der Waals surface area (Å²) in [5.41, 5.74) is 7.25. The summed E-state index contributed by atoms with van der Waals surface area (Å²) in [6, 6.07) is 9.04. The number of carbonyl (C=O) groups is 1. The molecule has 9 heteroatoms. The Labute approximate surface area is 216 Å². The molecule has 178 valence electrons. The van der Waals surface area contributed by atoms with E-state index in [0.29, 0.717) is 18.0 Å². The Morgan fingerprint density at radius 1 is 0.939 bits per heavy atom. The molecule has 33 heavy (non-hydrogen) atoms. The van der Waals surface area contributed by atoms with Crippen LogP contribution in [0.1, 0.15) is 17.5 Å². The fraction of sp³-hybridized carbons (Fsp3) is 0.458. The van der Waals surface area contributed by atoms with Gasteiger partial charge in [0, 0.05) is 47.2 Å². The predicted molar refractivity (Wildman–Crippen MR) is 126 cm³/mol. The zero-order chi connectivity index (χ0) is 22.2. The van der Waals surface area contributed by atoms with Gasteiger partial charge in [-0.05, 0) is 49.2 Å². The Morgan fingerprint density at radius 3 is 2.09 bits per heavy atom. The van der Waals surface area contributed by atoms with Crippen LogP contribution in [0.5, 0.6) is 0 Å². The van der Waals surface area contributed by atoms with Gasteiger partial charge in [0.1, 0.15) is 6.54 Å². The normalized spacial score (nSPS) is 20.1. The standard InChI is InChI=1S/C24H30N4O3S.HI/c1-16-12-18(26-4-3-5-28(7-6-26)24(29)30)14-20-22(16)25-23-17(2)13-19(15-21(23)32-20)27-8-10-31-11-9-27;/h12-15,25H,3-11H2,1-2H3,(H,29,30);1H/p-1. The summed E-state index contributed by atoms with van der Waals surface area (Å²) in [5.74, 6) is 0. The van der Waals surface area contributed by atoms with Gasteiger partial charge in [0.15, 0.2) is 0 Å². The summed E-state index contributed by atoms with van der Waals surface area (Å²) in [5, 5.41) is 15.0. The van der Waals surface area contributed by atoms with Crippen LogP contribution >= 0.6 is 11.8 Å². The molecule has 0 saturated carbocycles. The fourth-order valence-electron chi connectivity index (χ4n) is 4.84. The molecule has 2 N–H and O–H groups in total. The zero-order valence-electron chi connectivity index (χ0n) is 19.1. The van der Waals surface area contributed by atoms with E-state index < -0.39 is 6.09 Å². The highest BCUT2D eigenvalue weighted by Gasteiger charge is 2.25. The highest BCUT2D eigenvalue weighted by atomic mass is 127. The molecule has 0 aromatic heterocycles. The number of morpholine rings is 1. The number of nitrogens with one attached hydrogen (secondary N) is 2. The smallest absolute Gasteiger partial charge is 0.255 e. The number of amides is 1. The molecule has 1 amide bonds. The van der Waals surface area contributed by atoms with E-state index >= 15 is 0 Å². The monoisotopic (exact) mass is 581 g/mol. The van der Waals surface area contributed by atoms with E-state index in [2.05, 4.69) is 53.2 Å². The number of fused-ring (bicyclic) bond motifs is 2. The molecule has 2 fully saturated rings. The van der Waals surface area contributed by atoms with Gasteiger partial charge in [0.25, 0.3) is 6.09 Å². The van der Waals surface area contributed by atoms with E-state index in [0.717, 1.165) is 45.8 Å². The van der Waals surface area contributed by atoms with Gasteiger partial charge in [-0.25, -0.2) is 0 Å². The summed E-state index contributed by atoms with van der Waals surface area (Å²) in [4.78, 5) is 19.0. The SMILES string of the molecule is Cc1cc(N2CCOCC2)cc2c1Nc1c(C)cc(N3CCC[NH+](C(=O)[O-])CC3)cc1S2.[I-]. The number of hydrogen-bond donors (Lipinski definition) is 2. The summed E-state index contributed by atoms with van der Waals surface area (Å²) < 4.78 is 5.52. The number of benzene rings is 2. The van der Waals surface area contributed by atoms with Crippen molar-refractivity contribution in [2.75, 3.05) is 67.6 Å². The highest BCUT2D eigenvalue weighted by Crippen LogP contribution is 2.49. The molecule has 5 rings (SSSR count). The summed E-state index contributed by atoms with van der Waals surface area (Å²) in [6.45, 7) is 10.5. The second-order valence-electron chi connectivity index (χ2n) is 8.83. The molecule has 2 aromatic carbocycles. The second-order valence-corrected chi connectivity index (χ2v) is 9.91. The molecule has 1 atom stereocenters. The molecule has 0 spiro atoms. The molecule has 3 aliphatic rings. The molecule has 0 aliphatic carbocycles. The predicted octanol–water partition coefficient (Wildman–Crippen LogP) is -1.21. The van der Waals surface area contributed by atoms with Gasteiger partial charge in [-0.2, -0.15) is 0 Å². The number of hydrogen-bond acceptors (Lipinski definition) is 7. The van der Waals surface area contributed by atoms with E-state index in [9.17, 15) is 9.90 Å². The molecule has 3 aliphatic heterocycles. The van der Waals surface area contributed by atoms with Gasteiger partial charge in [0.2, 0.25) is 0 Å². The minimum Gasteiger partial charge on any atom is -1.00 e. The van der Waals surface area contributed by atoms with E-state index in [-0.39, 0.29) is 24.0 Å². The average molecular weight is 582 g/mol. The Hall–Kier alpha value is -1.69. The Morgan fingerprint density at radius 2 is 1.52 bits per heavy atom. The van der Waals surface area contributed by atoms with Gasteiger partial charge >= 0.3 is 0 Å². The van der Waals surface area contributed by atoms with Crippen LogP contribution in [0.15, 0.2) is 34.1 Å². The second kappa shape index (κ2) is 10.3.